The lowest BCUT2D eigenvalue weighted by atomic mass is 9.87. The van der Waals surface area contributed by atoms with Gasteiger partial charge >= 0.3 is 0 Å². The van der Waals surface area contributed by atoms with Gasteiger partial charge in [0.05, 0.1) is 0 Å². The highest BCUT2D eigenvalue weighted by atomic mass is 35.5. The molecule has 0 aromatic heterocycles. The largest absolute Gasteiger partial charge is 0.460 e. The van der Waals surface area contributed by atoms with Gasteiger partial charge in [-0.2, -0.15) is 0 Å². The third-order valence-corrected chi connectivity index (χ3v) is 3.57. The van der Waals surface area contributed by atoms with E-state index in [1.54, 1.807) is 5.54 Å². The van der Waals surface area contributed by atoms with E-state index in [-0.39, 0.29) is 5.41 Å². The van der Waals surface area contributed by atoms with Gasteiger partial charge in [-0.1, -0.05) is 49.6 Å². The summed E-state index contributed by atoms with van der Waals surface area (Å²) in [6.45, 7) is 2.23. The molecule has 16 heavy (non-hydrogen) atoms. The molecular formula is C14H17ClO. The first-order chi connectivity index (χ1) is 7.74. The van der Waals surface area contributed by atoms with Crippen LogP contribution in [0, 0.1) is 5.41 Å². The van der Waals surface area contributed by atoms with Gasteiger partial charge in [0.2, 0.25) is 0 Å². The SMILES string of the molecule is CC1(C(=CCl)Oc2ccccc2)CCCC1. The summed E-state index contributed by atoms with van der Waals surface area (Å²) >= 11 is 5.90. The summed E-state index contributed by atoms with van der Waals surface area (Å²) in [5, 5.41) is 0. The molecule has 1 aliphatic rings. The fraction of sp³-hybridized carbons (Fsp3) is 0.429. The molecule has 0 heterocycles. The standard InChI is InChI=1S/C14H17ClO/c1-14(9-5-6-10-14)13(11-15)16-12-7-3-2-4-8-12/h2-4,7-8,11H,5-6,9-10H2,1H3. The van der Waals surface area contributed by atoms with Crippen LogP contribution in [0.2, 0.25) is 0 Å². The molecule has 0 atom stereocenters. The number of para-hydroxylation sites is 1. The van der Waals surface area contributed by atoms with Crippen LogP contribution in [0.5, 0.6) is 5.75 Å². The fourth-order valence-electron chi connectivity index (χ4n) is 2.29. The summed E-state index contributed by atoms with van der Waals surface area (Å²) in [7, 11) is 0. The zero-order valence-electron chi connectivity index (χ0n) is 9.58. The summed E-state index contributed by atoms with van der Waals surface area (Å²) in [5.74, 6) is 1.76. The number of halogens is 1. The van der Waals surface area contributed by atoms with Crippen molar-refractivity contribution in [1.29, 1.82) is 0 Å². The highest BCUT2D eigenvalue weighted by molar-refractivity contribution is 6.25. The summed E-state index contributed by atoms with van der Waals surface area (Å²) < 4.78 is 5.88. The second-order valence-electron chi connectivity index (χ2n) is 4.66. The molecule has 0 N–H and O–H groups in total. The Kier molecular flexibility index (Phi) is 3.55. The van der Waals surface area contributed by atoms with Crippen molar-refractivity contribution < 1.29 is 4.74 Å². The van der Waals surface area contributed by atoms with Gasteiger partial charge in [0, 0.05) is 11.0 Å². The normalized spacial score (nSPS) is 19.8. The zero-order chi connectivity index (χ0) is 11.4. The number of hydrogen-bond acceptors (Lipinski definition) is 1. The average Bonchev–Trinajstić information content (AvgIpc) is 2.75. The van der Waals surface area contributed by atoms with Crippen LogP contribution in [0.1, 0.15) is 32.6 Å². The van der Waals surface area contributed by atoms with Crippen molar-refractivity contribution in [2.45, 2.75) is 32.6 Å². The van der Waals surface area contributed by atoms with Gasteiger partial charge in [0.1, 0.15) is 11.5 Å². The lowest BCUT2D eigenvalue weighted by molar-refractivity contribution is 0.259. The molecule has 0 radical (unpaired) electrons. The number of rotatable bonds is 3. The first-order valence-electron chi connectivity index (χ1n) is 5.78. The maximum atomic E-state index is 5.90. The molecule has 1 nitrogen and oxygen atoms in total. The molecule has 1 aliphatic carbocycles. The summed E-state index contributed by atoms with van der Waals surface area (Å²) in [5.41, 5.74) is 1.72. The second-order valence-corrected chi connectivity index (χ2v) is 4.87. The Morgan fingerprint density at radius 2 is 1.88 bits per heavy atom. The van der Waals surface area contributed by atoms with Gasteiger partial charge in [-0.05, 0) is 25.0 Å². The molecule has 2 rings (SSSR count). The van der Waals surface area contributed by atoms with Crippen molar-refractivity contribution in [2.24, 2.45) is 5.41 Å². The second kappa shape index (κ2) is 4.92. The molecule has 1 saturated carbocycles. The van der Waals surface area contributed by atoms with Crippen molar-refractivity contribution >= 4 is 11.6 Å². The molecule has 0 unspecified atom stereocenters. The van der Waals surface area contributed by atoms with Crippen LogP contribution >= 0.6 is 11.6 Å². The van der Waals surface area contributed by atoms with Gasteiger partial charge in [0.15, 0.2) is 0 Å². The Balaban J connectivity index is 2.13. The summed E-state index contributed by atoms with van der Waals surface area (Å²) in [6.07, 6.45) is 4.86. The minimum absolute atomic E-state index is 0.123. The number of ether oxygens (including phenoxy) is 1. The molecule has 0 saturated heterocycles. The smallest absolute Gasteiger partial charge is 0.127 e. The van der Waals surface area contributed by atoms with Crippen molar-refractivity contribution in [3.63, 3.8) is 0 Å². The van der Waals surface area contributed by atoms with Crippen LogP contribution in [0.3, 0.4) is 0 Å². The summed E-state index contributed by atoms with van der Waals surface area (Å²) in [6, 6.07) is 9.84. The fourth-order valence-corrected chi connectivity index (χ4v) is 2.60. The number of hydrogen-bond donors (Lipinski definition) is 0. The number of benzene rings is 1. The quantitative estimate of drug-likeness (QED) is 0.690. The maximum absolute atomic E-state index is 5.90. The van der Waals surface area contributed by atoms with Gasteiger partial charge in [-0.3, -0.25) is 0 Å². The van der Waals surface area contributed by atoms with Gasteiger partial charge < -0.3 is 4.74 Å². The molecule has 1 fully saturated rings. The van der Waals surface area contributed by atoms with Crippen molar-refractivity contribution in [2.75, 3.05) is 0 Å². The highest BCUT2D eigenvalue weighted by Gasteiger charge is 2.34. The Morgan fingerprint density at radius 1 is 1.25 bits per heavy atom. The third kappa shape index (κ3) is 2.41. The molecule has 1 aromatic carbocycles. The van der Waals surface area contributed by atoms with Crippen molar-refractivity contribution in [1.82, 2.24) is 0 Å². The Bertz CT molecular complexity index is 364. The topological polar surface area (TPSA) is 9.23 Å². The van der Waals surface area contributed by atoms with Crippen LogP contribution < -0.4 is 4.74 Å². The molecule has 1 aromatic rings. The Labute approximate surface area is 102 Å². The minimum atomic E-state index is 0.123. The van der Waals surface area contributed by atoms with Gasteiger partial charge in [-0.25, -0.2) is 0 Å². The van der Waals surface area contributed by atoms with E-state index < -0.39 is 0 Å². The van der Waals surface area contributed by atoms with Crippen LogP contribution in [0.15, 0.2) is 41.6 Å². The predicted molar refractivity (Wildman–Crippen MR) is 67.6 cm³/mol. The van der Waals surface area contributed by atoms with E-state index in [9.17, 15) is 0 Å². The Morgan fingerprint density at radius 3 is 2.44 bits per heavy atom. The molecular weight excluding hydrogens is 220 g/mol. The monoisotopic (exact) mass is 236 g/mol. The van der Waals surface area contributed by atoms with Crippen molar-refractivity contribution in [3.8, 4) is 5.75 Å². The van der Waals surface area contributed by atoms with Gasteiger partial charge in [0.25, 0.3) is 0 Å². The third-order valence-electron chi connectivity index (χ3n) is 3.37. The van der Waals surface area contributed by atoms with E-state index >= 15 is 0 Å². The van der Waals surface area contributed by atoms with Gasteiger partial charge in [-0.15, -0.1) is 0 Å². The number of allylic oxidation sites excluding steroid dienone is 1. The zero-order valence-corrected chi connectivity index (χ0v) is 10.3. The molecule has 86 valence electrons. The molecule has 0 bridgehead atoms. The molecule has 0 aliphatic heterocycles. The predicted octanol–water partition coefficient (Wildman–Crippen LogP) is 4.73. The molecule has 2 heteroatoms. The molecule has 0 spiro atoms. The Hall–Kier alpha value is -0.950. The first-order valence-corrected chi connectivity index (χ1v) is 6.22. The van der Waals surface area contributed by atoms with Crippen LogP contribution in [-0.4, -0.2) is 0 Å². The maximum Gasteiger partial charge on any atom is 0.127 e. The van der Waals surface area contributed by atoms with E-state index in [2.05, 4.69) is 6.92 Å². The van der Waals surface area contributed by atoms with Crippen molar-refractivity contribution in [3.05, 3.63) is 41.6 Å². The lowest BCUT2D eigenvalue weighted by Crippen LogP contribution is -2.18. The lowest BCUT2D eigenvalue weighted by Gasteiger charge is -2.26. The highest BCUT2D eigenvalue weighted by Crippen LogP contribution is 2.44. The average molecular weight is 237 g/mol. The van der Waals surface area contributed by atoms with Crippen LogP contribution in [-0.2, 0) is 0 Å². The van der Waals surface area contributed by atoms with E-state index in [0.29, 0.717) is 0 Å². The summed E-state index contributed by atoms with van der Waals surface area (Å²) in [4.78, 5) is 0. The first kappa shape index (κ1) is 11.5. The van der Waals surface area contributed by atoms with Crippen LogP contribution in [0.4, 0.5) is 0 Å². The molecule has 0 amide bonds. The van der Waals surface area contributed by atoms with E-state index in [1.807, 2.05) is 30.3 Å². The van der Waals surface area contributed by atoms with E-state index in [4.69, 9.17) is 16.3 Å². The van der Waals surface area contributed by atoms with Crippen LogP contribution in [0.25, 0.3) is 0 Å². The minimum Gasteiger partial charge on any atom is -0.460 e. The van der Waals surface area contributed by atoms with E-state index in [0.717, 1.165) is 11.5 Å². The van der Waals surface area contributed by atoms with E-state index in [1.165, 1.54) is 25.7 Å².